The van der Waals surface area contributed by atoms with Gasteiger partial charge in [-0.05, 0) is 52.4 Å². The van der Waals surface area contributed by atoms with Crippen LogP contribution >= 0.6 is 63.0 Å². The first kappa shape index (κ1) is 23.8. The lowest BCUT2D eigenvalue weighted by atomic mass is 10.2. The van der Waals surface area contributed by atoms with Crippen LogP contribution in [-0.2, 0) is 0 Å². The van der Waals surface area contributed by atoms with Gasteiger partial charge in [-0.2, -0.15) is 0 Å². The topological polar surface area (TPSA) is 71.6 Å². The molecule has 0 bridgehead atoms. The van der Waals surface area contributed by atoms with Gasteiger partial charge in [0.05, 0.1) is 25.5 Å². The third-order valence-electron chi connectivity index (χ3n) is 3.65. The number of carbonyl (C=O) groups excluding carboxylic acids is 1. The SMILES string of the molecule is COc1ccc(OC)c(NC(=S)N[C@@H](NC(=O)c2ccccc2Br)C(Cl)(Cl)Cl)c1. The molecule has 1 atom stereocenters. The quantitative estimate of drug-likeness (QED) is 0.275. The predicted octanol–water partition coefficient (Wildman–Crippen LogP) is 4.88. The van der Waals surface area contributed by atoms with Crippen LogP contribution in [0, 0.1) is 0 Å². The molecule has 0 aliphatic carbocycles. The summed E-state index contributed by atoms with van der Waals surface area (Å²) in [5.41, 5.74) is 0.909. The van der Waals surface area contributed by atoms with E-state index in [1.54, 1.807) is 42.5 Å². The maximum absolute atomic E-state index is 12.6. The summed E-state index contributed by atoms with van der Waals surface area (Å²) in [6.07, 6.45) is -1.12. The van der Waals surface area contributed by atoms with Crippen LogP contribution in [0.2, 0.25) is 0 Å². The number of nitrogens with one attached hydrogen (secondary N) is 3. The largest absolute Gasteiger partial charge is 0.497 e. The number of hydrogen-bond donors (Lipinski definition) is 3. The van der Waals surface area contributed by atoms with Crippen LogP contribution in [0.3, 0.4) is 0 Å². The molecule has 11 heteroatoms. The first-order valence-electron chi connectivity index (χ1n) is 8.07. The highest BCUT2D eigenvalue weighted by Gasteiger charge is 2.35. The Morgan fingerprint density at radius 3 is 2.38 bits per heavy atom. The number of halogens is 4. The van der Waals surface area contributed by atoms with Crippen LogP contribution in [-0.4, -0.2) is 35.2 Å². The van der Waals surface area contributed by atoms with Gasteiger partial charge in [0.15, 0.2) is 5.11 Å². The van der Waals surface area contributed by atoms with Gasteiger partial charge in [0.1, 0.15) is 17.7 Å². The van der Waals surface area contributed by atoms with E-state index in [-0.39, 0.29) is 5.11 Å². The number of methoxy groups -OCH3 is 2. The third-order valence-corrected chi connectivity index (χ3v) is 5.22. The fraction of sp³-hybridized carbons (Fsp3) is 0.222. The molecule has 0 fully saturated rings. The zero-order valence-electron chi connectivity index (χ0n) is 15.3. The van der Waals surface area contributed by atoms with Gasteiger partial charge >= 0.3 is 0 Å². The molecular formula is C18H17BrCl3N3O3S. The number of benzene rings is 2. The number of hydrogen-bond acceptors (Lipinski definition) is 4. The van der Waals surface area contributed by atoms with Crippen molar-refractivity contribution in [1.82, 2.24) is 10.6 Å². The molecule has 0 unspecified atom stereocenters. The van der Waals surface area contributed by atoms with E-state index in [2.05, 4.69) is 31.9 Å². The molecule has 156 valence electrons. The highest BCUT2D eigenvalue weighted by Crippen LogP contribution is 2.31. The maximum atomic E-state index is 12.6. The Morgan fingerprint density at radius 1 is 1.10 bits per heavy atom. The third kappa shape index (κ3) is 6.79. The van der Waals surface area contributed by atoms with Crippen LogP contribution in [0.1, 0.15) is 10.4 Å². The molecule has 3 N–H and O–H groups in total. The van der Waals surface area contributed by atoms with E-state index in [0.717, 1.165) is 0 Å². The summed E-state index contributed by atoms with van der Waals surface area (Å²) in [6, 6.07) is 12.0. The monoisotopic (exact) mass is 539 g/mol. The summed E-state index contributed by atoms with van der Waals surface area (Å²) in [5, 5.41) is 8.46. The van der Waals surface area contributed by atoms with Crippen molar-refractivity contribution in [3.63, 3.8) is 0 Å². The van der Waals surface area contributed by atoms with Crippen molar-refractivity contribution in [3.8, 4) is 11.5 Å². The number of alkyl halides is 3. The Bertz CT molecular complexity index is 896. The summed E-state index contributed by atoms with van der Waals surface area (Å²) in [5.74, 6) is 0.664. The van der Waals surface area contributed by atoms with Gasteiger partial charge in [0.2, 0.25) is 3.79 Å². The molecule has 0 saturated heterocycles. The normalized spacial score (nSPS) is 11.9. The van der Waals surface area contributed by atoms with Crippen LogP contribution in [0.5, 0.6) is 11.5 Å². The summed E-state index contributed by atoms with van der Waals surface area (Å²) >= 11 is 26.7. The highest BCUT2D eigenvalue weighted by molar-refractivity contribution is 9.10. The Labute approximate surface area is 197 Å². The molecule has 0 saturated carbocycles. The smallest absolute Gasteiger partial charge is 0.254 e. The van der Waals surface area contributed by atoms with Gasteiger partial charge in [0.25, 0.3) is 5.91 Å². The minimum atomic E-state index is -1.89. The number of carbonyl (C=O) groups is 1. The molecular weight excluding hydrogens is 525 g/mol. The zero-order valence-corrected chi connectivity index (χ0v) is 19.9. The lowest BCUT2D eigenvalue weighted by molar-refractivity contribution is 0.0933. The average Bonchev–Trinajstić information content (AvgIpc) is 2.66. The van der Waals surface area contributed by atoms with E-state index < -0.39 is 15.9 Å². The van der Waals surface area contributed by atoms with E-state index >= 15 is 0 Å². The number of rotatable bonds is 6. The van der Waals surface area contributed by atoms with Crippen molar-refractivity contribution in [1.29, 1.82) is 0 Å². The number of ether oxygens (including phenoxy) is 2. The Balaban J connectivity index is 2.16. The van der Waals surface area contributed by atoms with E-state index in [1.807, 2.05) is 0 Å². The van der Waals surface area contributed by atoms with Crippen molar-refractivity contribution in [2.75, 3.05) is 19.5 Å². The van der Waals surface area contributed by atoms with Crippen LogP contribution in [0.4, 0.5) is 5.69 Å². The van der Waals surface area contributed by atoms with Gasteiger partial charge < -0.3 is 25.4 Å². The predicted molar refractivity (Wildman–Crippen MR) is 125 cm³/mol. The summed E-state index contributed by atoms with van der Waals surface area (Å²) in [4.78, 5) is 12.6. The minimum Gasteiger partial charge on any atom is -0.497 e. The molecule has 0 aliphatic heterocycles. The fourth-order valence-electron chi connectivity index (χ4n) is 2.26. The van der Waals surface area contributed by atoms with Crippen LogP contribution in [0.25, 0.3) is 0 Å². The van der Waals surface area contributed by atoms with Gasteiger partial charge in [-0.25, -0.2) is 0 Å². The van der Waals surface area contributed by atoms with Gasteiger partial charge in [-0.15, -0.1) is 0 Å². The Morgan fingerprint density at radius 2 is 1.79 bits per heavy atom. The van der Waals surface area contributed by atoms with Crippen molar-refractivity contribution >= 4 is 79.7 Å². The van der Waals surface area contributed by atoms with Gasteiger partial charge in [-0.3, -0.25) is 4.79 Å². The fourth-order valence-corrected chi connectivity index (χ4v) is 3.28. The summed E-state index contributed by atoms with van der Waals surface area (Å²) in [6.45, 7) is 0. The lowest BCUT2D eigenvalue weighted by Gasteiger charge is -2.28. The molecule has 29 heavy (non-hydrogen) atoms. The van der Waals surface area contributed by atoms with Crippen molar-refractivity contribution in [3.05, 3.63) is 52.5 Å². The van der Waals surface area contributed by atoms with Crippen LogP contribution in [0.15, 0.2) is 46.9 Å². The second kappa shape index (κ2) is 10.5. The molecule has 0 spiro atoms. The lowest BCUT2D eigenvalue weighted by Crippen LogP contribution is -2.56. The Kier molecular flexibility index (Phi) is 8.66. The van der Waals surface area contributed by atoms with Crippen LogP contribution < -0.4 is 25.4 Å². The number of anilines is 1. The number of thiocarbonyl (C=S) groups is 1. The number of amides is 1. The minimum absolute atomic E-state index is 0.0975. The standard InChI is InChI=1S/C18H17BrCl3N3O3S/c1-27-10-7-8-14(28-2)13(9-10)23-17(29)25-16(18(20,21)22)24-15(26)11-5-3-4-6-12(11)19/h3-9,16H,1-2H3,(H,24,26)(H2,23,25,29)/t16-/m1/s1. The van der Waals surface area contributed by atoms with Gasteiger partial charge in [0, 0.05) is 10.5 Å². The molecule has 0 heterocycles. The molecule has 2 aromatic carbocycles. The molecule has 0 radical (unpaired) electrons. The van der Waals surface area contributed by atoms with Crippen molar-refractivity contribution < 1.29 is 14.3 Å². The van der Waals surface area contributed by atoms with E-state index in [9.17, 15) is 4.79 Å². The summed E-state index contributed by atoms with van der Waals surface area (Å²) < 4.78 is 9.21. The zero-order chi connectivity index (χ0) is 21.6. The molecule has 0 aromatic heterocycles. The van der Waals surface area contributed by atoms with E-state index in [0.29, 0.717) is 27.2 Å². The second-order valence-corrected chi connectivity index (χ2v) is 9.22. The molecule has 1 amide bonds. The van der Waals surface area contributed by atoms with Gasteiger partial charge in [-0.1, -0.05) is 46.9 Å². The first-order valence-corrected chi connectivity index (χ1v) is 10.4. The second-order valence-electron chi connectivity index (χ2n) is 5.59. The first-order chi connectivity index (χ1) is 13.7. The molecule has 2 rings (SSSR count). The molecule has 2 aromatic rings. The summed E-state index contributed by atoms with van der Waals surface area (Å²) in [7, 11) is 3.06. The van der Waals surface area contributed by atoms with E-state index in [4.69, 9.17) is 56.5 Å². The Hall–Kier alpha value is -1.45. The highest BCUT2D eigenvalue weighted by atomic mass is 79.9. The van der Waals surface area contributed by atoms with Crippen molar-refractivity contribution in [2.45, 2.75) is 9.96 Å². The average molecular weight is 542 g/mol. The maximum Gasteiger partial charge on any atom is 0.254 e. The molecule has 0 aliphatic rings. The van der Waals surface area contributed by atoms with Crippen molar-refractivity contribution in [2.24, 2.45) is 0 Å². The molecule has 6 nitrogen and oxygen atoms in total. The van der Waals surface area contributed by atoms with E-state index in [1.165, 1.54) is 14.2 Å².